The van der Waals surface area contributed by atoms with Crippen LogP contribution in [0.4, 0.5) is 0 Å². The molecule has 0 spiro atoms. The quantitative estimate of drug-likeness (QED) is 0.628. The minimum Gasteiger partial charge on any atom is -0.347 e. The highest BCUT2D eigenvalue weighted by Crippen LogP contribution is 2.26. The molecular formula is C27H28N2O2. The van der Waals surface area contributed by atoms with Gasteiger partial charge in [-0.05, 0) is 16.7 Å². The number of ketones is 1. The van der Waals surface area contributed by atoms with E-state index in [9.17, 15) is 9.59 Å². The average molecular weight is 413 g/mol. The molecule has 1 aliphatic heterocycles. The third kappa shape index (κ3) is 5.47. The van der Waals surface area contributed by atoms with Gasteiger partial charge in [0.05, 0.1) is 12.0 Å². The average Bonchev–Trinajstić information content (AvgIpc) is 2.82. The van der Waals surface area contributed by atoms with Crippen molar-refractivity contribution in [3.63, 3.8) is 0 Å². The maximum atomic E-state index is 13.6. The summed E-state index contributed by atoms with van der Waals surface area (Å²) in [5.41, 5.74) is 3.02. The van der Waals surface area contributed by atoms with Crippen molar-refractivity contribution < 1.29 is 9.59 Å². The number of carbonyl (C=O) groups is 2. The highest BCUT2D eigenvalue weighted by molar-refractivity contribution is 5.87. The van der Waals surface area contributed by atoms with Crippen LogP contribution in [0.25, 0.3) is 0 Å². The van der Waals surface area contributed by atoms with Gasteiger partial charge >= 0.3 is 0 Å². The van der Waals surface area contributed by atoms with Crippen molar-refractivity contribution in [1.82, 2.24) is 10.2 Å². The van der Waals surface area contributed by atoms with Gasteiger partial charge in [0.2, 0.25) is 5.91 Å². The minimum atomic E-state index is -0.378. The minimum absolute atomic E-state index is 0.0145. The van der Waals surface area contributed by atoms with Crippen LogP contribution in [0.3, 0.4) is 0 Å². The van der Waals surface area contributed by atoms with Crippen molar-refractivity contribution in [3.05, 3.63) is 108 Å². The zero-order chi connectivity index (χ0) is 21.5. The monoisotopic (exact) mass is 412 g/mol. The molecule has 3 aromatic carbocycles. The predicted octanol–water partition coefficient (Wildman–Crippen LogP) is 4.34. The summed E-state index contributed by atoms with van der Waals surface area (Å²) < 4.78 is 0. The molecule has 0 aromatic heterocycles. The molecule has 1 amide bonds. The standard InChI is InChI=1S/C27H28N2O2/c30-24-16-18-29(19-17-24)20-25(21-10-4-1-5-11-21)28-27(31)26(22-12-6-2-7-13-22)23-14-8-3-9-15-23/h1-15,25-26H,16-20H2,(H,28,31). The number of hydrogen-bond donors (Lipinski definition) is 1. The molecule has 1 saturated heterocycles. The second-order valence-electron chi connectivity index (χ2n) is 8.07. The van der Waals surface area contributed by atoms with Gasteiger partial charge in [-0.2, -0.15) is 0 Å². The first-order valence-electron chi connectivity index (χ1n) is 10.9. The maximum absolute atomic E-state index is 13.6. The highest BCUT2D eigenvalue weighted by atomic mass is 16.2. The second kappa shape index (κ2) is 10.2. The first-order chi connectivity index (χ1) is 15.2. The van der Waals surface area contributed by atoms with Gasteiger partial charge in [-0.3, -0.25) is 9.59 Å². The zero-order valence-electron chi connectivity index (χ0n) is 17.6. The van der Waals surface area contributed by atoms with Crippen LogP contribution in [0, 0.1) is 0 Å². The van der Waals surface area contributed by atoms with E-state index in [1.54, 1.807) is 0 Å². The van der Waals surface area contributed by atoms with Gasteiger partial charge in [0.25, 0.3) is 0 Å². The molecule has 1 aliphatic rings. The van der Waals surface area contributed by atoms with E-state index in [2.05, 4.69) is 22.3 Å². The molecule has 3 aromatic rings. The van der Waals surface area contributed by atoms with Crippen LogP contribution in [-0.4, -0.2) is 36.2 Å². The number of nitrogens with zero attached hydrogens (tertiary/aromatic N) is 1. The molecule has 31 heavy (non-hydrogen) atoms. The number of nitrogens with one attached hydrogen (secondary N) is 1. The number of carbonyl (C=O) groups excluding carboxylic acids is 2. The molecule has 0 aliphatic carbocycles. The summed E-state index contributed by atoms with van der Waals surface area (Å²) in [6.45, 7) is 2.19. The number of hydrogen-bond acceptors (Lipinski definition) is 3. The molecule has 0 bridgehead atoms. The molecule has 4 heteroatoms. The van der Waals surface area contributed by atoms with Crippen molar-refractivity contribution in [2.75, 3.05) is 19.6 Å². The number of amides is 1. The maximum Gasteiger partial charge on any atom is 0.232 e. The fourth-order valence-corrected chi connectivity index (χ4v) is 4.20. The Morgan fingerprint density at radius 1 is 0.742 bits per heavy atom. The van der Waals surface area contributed by atoms with E-state index in [0.717, 1.165) is 29.8 Å². The lowest BCUT2D eigenvalue weighted by Gasteiger charge is -2.31. The summed E-state index contributed by atoms with van der Waals surface area (Å²) >= 11 is 0. The lowest BCUT2D eigenvalue weighted by atomic mass is 9.90. The van der Waals surface area contributed by atoms with Gasteiger partial charge in [-0.25, -0.2) is 0 Å². The van der Waals surface area contributed by atoms with Crippen LogP contribution in [0.2, 0.25) is 0 Å². The van der Waals surface area contributed by atoms with Gasteiger partial charge in [0, 0.05) is 32.5 Å². The summed E-state index contributed by atoms with van der Waals surface area (Å²) in [5.74, 6) is -0.0688. The Morgan fingerprint density at radius 2 is 1.19 bits per heavy atom. The molecule has 158 valence electrons. The van der Waals surface area contributed by atoms with Gasteiger partial charge in [-0.15, -0.1) is 0 Å². The Kier molecular flexibility index (Phi) is 6.90. The fraction of sp³-hybridized carbons (Fsp3) is 0.259. The third-order valence-corrected chi connectivity index (χ3v) is 5.90. The van der Waals surface area contributed by atoms with E-state index < -0.39 is 0 Å². The topological polar surface area (TPSA) is 49.4 Å². The smallest absolute Gasteiger partial charge is 0.232 e. The van der Waals surface area contributed by atoms with Crippen molar-refractivity contribution in [3.8, 4) is 0 Å². The molecule has 1 heterocycles. The number of benzene rings is 3. The SMILES string of the molecule is O=C1CCN(CC(NC(=O)C(c2ccccc2)c2ccccc2)c2ccccc2)CC1. The molecule has 4 rings (SSSR count). The normalized spacial score (nSPS) is 15.6. The third-order valence-electron chi connectivity index (χ3n) is 5.90. The number of Topliss-reactive ketones (excluding diaryl/α,β-unsaturated/α-hetero) is 1. The van der Waals surface area contributed by atoms with Crippen LogP contribution in [-0.2, 0) is 9.59 Å². The van der Waals surface area contributed by atoms with Gasteiger partial charge in [0.15, 0.2) is 0 Å². The Labute approximate surface area is 183 Å². The number of piperidine rings is 1. The van der Waals surface area contributed by atoms with Crippen molar-refractivity contribution in [2.24, 2.45) is 0 Å². The van der Waals surface area contributed by atoms with E-state index in [0.29, 0.717) is 25.2 Å². The summed E-state index contributed by atoms with van der Waals surface area (Å²) in [4.78, 5) is 27.6. The molecule has 1 N–H and O–H groups in total. The van der Waals surface area contributed by atoms with Crippen LogP contribution >= 0.6 is 0 Å². The first-order valence-corrected chi connectivity index (χ1v) is 10.9. The summed E-state index contributed by atoms with van der Waals surface area (Å²) in [5, 5.41) is 3.32. The van der Waals surface area contributed by atoms with Crippen molar-refractivity contribution in [2.45, 2.75) is 24.8 Å². The predicted molar refractivity (Wildman–Crippen MR) is 123 cm³/mol. The van der Waals surface area contributed by atoms with Crippen LogP contribution in [0.5, 0.6) is 0 Å². The molecule has 1 fully saturated rings. The van der Waals surface area contributed by atoms with E-state index in [1.165, 1.54) is 0 Å². The Morgan fingerprint density at radius 3 is 1.68 bits per heavy atom. The zero-order valence-corrected chi connectivity index (χ0v) is 17.6. The molecule has 1 unspecified atom stereocenters. The number of likely N-dealkylation sites (tertiary alicyclic amines) is 1. The van der Waals surface area contributed by atoms with Crippen LogP contribution in [0.15, 0.2) is 91.0 Å². The van der Waals surface area contributed by atoms with Crippen LogP contribution in [0.1, 0.15) is 41.5 Å². The fourth-order valence-electron chi connectivity index (χ4n) is 4.20. The Bertz CT molecular complexity index is 940. The lowest BCUT2D eigenvalue weighted by molar-refractivity contribution is -0.124. The van der Waals surface area contributed by atoms with E-state index in [-0.39, 0.29) is 17.9 Å². The van der Waals surface area contributed by atoms with Crippen LogP contribution < -0.4 is 5.32 Å². The van der Waals surface area contributed by atoms with E-state index in [1.807, 2.05) is 78.9 Å². The molecule has 0 radical (unpaired) electrons. The van der Waals surface area contributed by atoms with E-state index in [4.69, 9.17) is 0 Å². The Balaban J connectivity index is 1.59. The summed E-state index contributed by atoms with van der Waals surface area (Å²) in [6.07, 6.45) is 1.18. The van der Waals surface area contributed by atoms with Crippen molar-refractivity contribution >= 4 is 11.7 Å². The molecule has 1 atom stereocenters. The van der Waals surface area contributed by atoms with Gasteiger partial charge < -0.3 is 10.2 Å². The largest absolute Gasteiger partial charge is 0.347 e. The van der Waals surface area contributed by atoms with E-state index >= 15 is 0 Å². The first kappa shape index (κ1) is 21.0. The van der Waals surface area contributed by atoms with Gasteiger partial charge in [0.1, 0.15) is 5.78 Å². The molecular weight excluding hydrogens is 384 g/mol. The van der Waals surface area contributed by atoms with Crippen molar-refractivity contribution in [1.29, 1.82) is 0 Å². The lowest BCUT2D eigenvalue weighted by Crippen LogP contribution is -2.43. The Hall–Kier alpha value is -3.24. The summed E-state index contributed by atoms with van der Waals surface area (Å²) in [6, 6.07) is 29.8. The second-order valence-corrected chi connectivity index (χ2v) is 8.07. The van der Waals surface area contributed by atoms with Gasteiger partial charge in [-0.1, -0.05) is 91.0 Å². The molecule has 4 nitrogen and oxygen atoms in total. The highest BCUT2D eigenvalue weighted by Gasteiger charge is 2.27. The molecule has 0 saturated carbocycles. The summed E-state index contributed by atoms with van der Waals surface area (Å²) in [7, 11) is 0. The number of rotatable bonds is 7.